The summed E-state index contributed by atoms with van der Waals surface area (Å²) in [5.41, 5.74) is 2.31. The van der Waals surface area contributed by atoms with Gasteiger partial charge in [0.25, 0.3) is 0 Å². The second-order valence-electron chi connectivity index (χ2n) is 5.91. The highest BCUT2D eigenvalue weighted by atomic mass is 35.5. The predicted octanol–water partition coefficient (Wildman–Crippen LogP) is -1.28. The first-order chi connectivity index (χ1) is 11.9. The maximum Gasteiger partial charge on any atom is 0.139 e. The Bertz CT molecular complexity index is 621. The van der Waals surface area contributed by atoms with E-state index in [1.165, 1.54) is 4.90 Å². The smallest absolute Gasteiger partial charge is 0.139 e. The monoisotopic (exact) mass is 357 g/mol. The molecule has 0 spiro atoms. The number of nitrogens with one attached hydrogen (secondary N) is 1. The van der Waals surface area contributed by atoms with Gasteiger partial charge in [0.2, 0.25) is 0 Å². The molecule has 1 heterocycles. The molecule has 0 aromatic heterocycles. The van der Waals surface area contributed by atoms with E-state index in [9.17, 15) is 0 Å². The Hall–Kier alpha value is -1.83. The van der Waals surface area contributed by atoms with Crippen LogP contribution in [0.1, 0.15) is 17.2 Å². The van der Waals surface area contributed by atoms with E-state index in [0.717, 1.165) is 44.0 Å². The second-order valence-corrected chi connectivity index (χ2v) is 5.91. The van der Waals surface area contributed by atoms with Gasteiger partial charge in [-0.3, -0.25) is 0 Å². The molecule has 132 valence electrons. The zero-order chi connectivity index (χ0) is 16.5. The molecule has 0 atom stereocenters. The Kier molecular flexibility index (Phi) is 8.51. The van der Waals surface area contributed by atoms with Crippen molar-refractivity contribution in [1.82, 2.24) is 0 Å². The normalized spacial score (nSPS) is 14.4. The van der Waals surface area contributed by atoms with Gasteiger partial charge in [0.15, 0.2) is 0 Å². The minimum absolute atomic E-state index is 0. The summed E-state index contributed by atoms with van der Waals surface area (Å²) in [5.74, 6) is 6.41. The Morgan fingerprint density at radius 3 is 2.00 bits per heavy atom. The summed E-state index contributed by atoms with van der Waals surface area (Å²) in [6.07, 6.45) is -0.0718. The molecule has 3 rings (SSSR count). The molecule has 25 heavy (non-hydrogen) atoms. The number of ether oxygens (including phenoxy) is 2. The van der Waals surface area contributed by atoms with Crippen LogP contribution in [0.25, 0.3) is 0 Å². The van der Waals surface area contributed by atoms with Crippen molar-refractivity contribution >= 4 is 0 Å². The van der Waals surface area contributed by atoms with E-state index in [1.54, 1.807) is 0 Å². The molecule has 0 amide bonds. The maximum atomic E-state index is 6.10. The van der Waals surface area contributed by atoms with Crippen LogP contribution in [0, 0.1) is 11.8 Å². The molecule has 1 fully saturated rings. The Labute approximate surface area is 156 Å². The molecule has 0 unspecified atom stereocenters. The second kappa shape index (κ2) is 10.9. The molecule has 0 radical (unpaired) electrons. The highest BCUT2D eigenvalue weighted by Crippen LogP contribution is 2.25. The van der Waals surface area contributed by atoms with Crippen molar-refractivity contribution in [3.63, 3.8) is 0 Å². The van der Waals surface area contributed by atoms with Crippen molar-refractivity contribution < 1.29 is 26.8 Å². The molecule has 1 aliphatic rings. The van der Waals surface area contributed by atoms with Gasteiger partial charge in [0, 0.05) is 0 Å². The molecular formula is C21H24ClNO2. The highest BCUT2D eigenvalue weighted by Gasteiger charge is 2.14. The van der Waals surface area contributed by atoms with Crippen LogP contribution < -0.4 is 17.3 Å². The summed E-state index contributed by atoms with van der Waals surface area (Å²) in [7, 11) is 0. The molecule has 1 N–H and O–H groups in total. The number of hydrogen-bond acceptors (Lipinski definition) is 2. The summed E-state index contributed by atoms with van der Waals surface area (Å²) in [5, 5.41) is 0. The van der Waals surface area contributed by atoms with E-state index in [2.05, 4.69) is 36.1 Å². The summed E-state index contributed by atoms with van der Waals surface area (Å²) in [6, 6.07) is 20.6. The fourth-order valence-corrected chi connectivity index (χ4v) is 2.84. The topological polar surface area (TPSA) is 22.9 Å². The van der Waals surface area contributed by atoms with Gasteiger partial charge in [0.1, 0.15) is 32.3 Å². The third kappa shape index (κ3) is 6.19. The summed E-state index contributed by atoms with van der Waals surface area (Å²) < 4.78 is 11.5. The molecule has 4 heteroatoms. The van der Waals surface area contributed by atoms with Crippen LogP contribution in [0.5, 0.6) is 0 Å². The van der Waals surface area contributed by atoms with Gasteiger partial charge in [0.05, 0.1) is 13.2 Å². The van der Waals surface area contributed by atoms with Crippen molar-refractivity contribution in [3.05, 3.63) is 71.8 Å². The van der Waals surface area contributed by atoms with Crippen molar-refractivity contribution in [2.24, 2.45) is 0 Å². The van der Waals surface area contributed by atoms with E-state index in [-0.39, 0.29) is 18.5 Å². The van der Waals surface area contributed by atoms with E-state index in [0.29, 0.717) is 6.61 Å². The minimum Gasteiger partial charge on any atom is -1.00 e. The molecule has 2 aromatic carbocycles. The van der Waals surface area contributed by atoms with Crippen molar-refractivity contribution in [2.45, 2.75) is 6.10 Å². The fraction of sp³-hybridized carbons (Fsp3) is 0.333. The van der Waals surface area contributed by atoms with Gasteiger partial charge >= 0.3 is 0 Å². The van der Waals surface area contributed by atoms with Crippen LogP contribution in [0.15, 0.2) is 60.7 Å². The van der Waals surface area contributed by atoms with Crippen LogP contribution >= 0.6 is 0 Å². The van der Waals surface area contributed by atoms with Crippen LogP contribution in [-0.4, -0.2) is 39.5 Å². The molecule has 1 aliphatic heterocycles. The Morgan fingerprint density at radius 2 is 1.44 bits per heavy atom. The third-order valence-corrected chi connectivity index (χ3v) is 4.19. The lowest BCUT2D eigenvalue weighted by atomic mass is 10.0. The van der Waals surface area contributed by atoms with Gasteiger partial charge in [-0.1, -0.05) is 66.6 Å². The quantitative estimate of drug-likeness (QED) is 0.673. The number of halogens is 1. The van der Waals surface area contributed by atoms with E-state index >= 15 is 0 Å². The summed E-state index contributed by atoms with van der Waals surface area (Å²) >= 11 is 0. The number of quaternary nitrogens is 1. The predicted molar refractivity (Wildman–Crippen MR) is 94.8 cm³/mol. The average molecular weight is 358 g/mol. The first-order valence-corrected chi connectivity index (χ1v) is 8.52. The number of benzene rings is 2. The first-order valence-electron chi connectivity index (χ1n) is 8.52. The van der Waals surface area contributed by atoms with Crippen molar-refractivity contribution in [3.8, 4) is 11.8 Å². The lowest BCUT2D eigenvalue weighted by Gasteiger charge is -2.21. The standard InChI is InChI=1S/C21H23NO2.ClH/c1-3-9-19(10-4-1)21(20-11-5-2-6-12-20)24-16-8-7-13-22-14-17-23-18-15-22;/h1-6,9-12,21H,13-18H2;1H. The van der Waals surface area contributed by atoms with Crippen LogP contribution in [0.4, 0.5) is 0 Å². The fourth-order valence-electron chi connectivity index (χ4n) is 2.84. The zero-order valence-corrected chi connectivity index (χ0v) is 15.0. The van der Waals surface area contributed by atoms with Gasteiger partial charge in [-0.05, 0) is 17.0 Å². The molecule has 0 bridgehead atoms. The van der Waals surface area contributed by atoms with Crippen LogP contribution in [0.2, 0.25) is 0 Å². The highest BCUT2D eigenvalue weighted by molar-refractivity contribution is 5.30. The summed E-state index contributed by atoms with van der Waals surface area (Å²) in [6.45, 7) is 5.10. The van der Waals surface area contributed by atoms with E-state index < -0.39 is 0 Å². The molecule has 0 saturated carbocycles. The molecule has 0 aliphatic carbocycles. The van der Waals surface area contributed by atoms with Gasteiger partial charge in [-0.2, -0.15) is 0 Å². The first kappa shape index (κ1) is 19.5. The average Bonchev–Trinajstić information content (AvgIpc) is 2.67. The molecule has 1 saturated heterocycles. The molecule has 2 aromatic rings. The molecule has 3 nitrogen and oxygen atoms in total. The van der Waals surface area contributed by atoms with E-state index in [1.807, 2.05) is 36.4 Å². The Morgan fingerprint density at radius 1 is 0.880 bits per heavy atom. The number of hydrogen-bond donors (Lipinski definition) is 1. The maximum absolute atomic E-state index is 6.10. The summed E-state index contributed by atoms with van der Waals surface area (Å²) in [4.78, 5) is 1.50. The van der Waals surface area contributed by atoms with Crippen LogP contribution in [-0.2, 0) is 9.47 Å². The number of morpholine rings is 1. The largest absolute Gasteiger partial charge is 1.00 e. The molecular weight excluding hydrogens is 334 g/mol. The number of rotatable bonds is 5. The Balaban J connectivity index is 0.00000225. The van der Waals surface area contributed by atoms with Crippen molar-refractivity contribution in [2.75, 3.05) is 39.5 Å². The minimum atomic E-state index is -0.0718. The van der Waals surface area contributed by atoms with Gasteiger partial charge in [-0.25, -0.2) is 0 Å². The van der Waals surface area contributed by atoms with Crippen molar-refractivity contribution in [1.29, 1.82) is 0 Å². The zero-order valence-electron chi connectivity index (χ0n) is 14.3. The van der Waals surface area contributed by atoms with E-state index in [4.69, 9.17) is 9.47 Å². The van der Waals surface area contributed by atoms with Gasteiger partial charge < -0.3 is 26.8 Å². The lowest BCUT2D eigenvalue weighted by Crippen LogP contribution is -3.14. The third-order valence-electron chi connectivity index (χ3n) is 4.19. The van der Waals surface area contributed by atoms with Crippen LogP contribution in [0.3, 0.4) is 0 Å². The van der Waals surface area contributed by atoms with Gasteiger partial charge in [-0.15, -0.1) is 0 Å². The SMILES string of the molecule is C(#CC[NH+]1CCOCC1)COC(c1ccccc1)c1ccccc1.[Cl-]. The lowest BCUT2D eigenvalue weighted by molar-refractivity contribution is -0.900.